The second kappa shape index (κ2) is 6.80. The molecule has 96 valence electrons. The first-order valence-corrected chi connectivity index (χ1v) is 6.46. The Bertz CT molecular complexity index is 422. The Morgan fingerprint density at radius 1 is 1.33 bits per heavy atom. The molecule has 1 aromatic carbocycles. The molecule has 0 aromatic heterocycles. The van der Waals surface area contributed by atoms with Gasteiger partial charge >= 0.3 is 0 Å². The molecule has 1 atom stereocenters. The van der Waals surface area contributed by atoms with Crippen LogP contribution in [0.1, 0.15) is 39.5 Å². The van der Waals surface area contributed by atoms with Gasteiger partial charge in [-0.15, -0.1) is 0 Å². The van der Waals surface area contributed by atoms with Gasteiger partial charge in [-0.3, -0.25) is 4.79 Å². The molecular formula is C15H20N2O. The van der Waals surface area contributed by atoms with Gasteiger partial charge in [-0.1, -0.05) is 44.9 Å². The molecule has 0 aliphatic rings. The van der Waals surface area contributed by atoms with E-state index < -0.39 is 5.41 Å². The van der Waals surface area contributed by atoms with Gasteiger partial charge in [0.1, 0.15) is 5.41 Å². The molecule has 1 N–H and O–H groups in total. The van der Waals surface area contributed by atoms with Crippen molar-refractivity contribution < 1.29 is 4.79 Å². The lowest BCUT2D eigenvalue weighted by atomic mass is 9.80. The first-order chi connectivity index (χ1) is 8.68. The summed E-state index contributed by atoms with van der Waals surface area (Å²) in [5.74, 6) is -0.188. The van der Waals surface area contributed by atoms with Crippen LogP contribution in [0.5, 0.6) is 0 Å². The summed E-state index contributed by atoms with van der Waals surface area (Å²) in [6, 6.07) is 11.5. The lowest BCUT2D eigenvalue weighted by Gasteiger charge is -2.23. The first kappa shape index (κ1) is 14.2. The van der Waals surface area contributed by atoms with E-state index in [1.54, 1.807) is 0 Å². The van der Waals surface area contributed by atoms with Gasteiger partial charge in [0.25, 0.3) is 0 Å². The fourth-order valence-electron chi connectivity index (χ4n) is 1.89. The fourth-order valence-corrected chi connectivity index (χ4v) is 1.89. The average Bonchev–Trinajstić information content (AvgIpc) is 2.42. The van der Waals surface area contributed by atoms with Crippen molar-refractivity contribution in [1.82, 2.24) is 0 Å². The van der Waals surface area contributed by atoms with Gasteiger partial charge < -0.3 is 5.32 Å². The predicted octanol–water partition coefficient (Wildman–Crippen LogP) is 3.74. The minimum Gasteiger partial charge on any atom is -0.325 e. The summed E-state index contributed by atoms with van der Waals surface area (Å²) in [6.07, 6.45) is 3.04. The van der Waals surface area contributed by atoms with Gasteiger partial charge in [0.05, 0.1) is 6.07 Å². The lowest BCUT2D eigenvalue weighted by molar-refractivity contribution is -0.123. The molecule has 0 spiro atoms. The van der Waals surface area contributed by atoms with E-state index in [0.29, 0.717) is 12.8 Å². The van der Waals surface area contributed by atoms with Crippen molar-refractivity contribution in [2.24, 2.45) is 5.41 Å². The average molecular weight is 244 g/mol. The number of amides is 1. The maximum atomic E-state index is 12.3. The molecule has 0 saturated heterocycles. The van der Waals surface area contributed by atoms with Gasteiger partial charge in [-0.25, -0.2) is 0 Å². The number of para-hydroxylation sites is 1. The molecule has 0 aliphatic carbocycles. The van der Waals surface area contributed by atoms with Crippen LogP contribution in [0.3, 0.4) is 0 Å². The van der Waals surface area contributed by atoms with Crippen LogP contribution in [-0.4, -0.2) is 5.91 Å². The molecule has 1 amide bonds. The van der Waals surface area contributed by atoms with E-state index in [9.17, 15) is 10.1 Å². The Balaban J connectivity index is 2.81. The van der Waals surface area contributed by atoms with Crippen LogP contribution >= 0.6 is 0 Å². The Morgan fingerprint density at radius 2 is 2.00 bits per heavy atom. The number of rotatable bonds is 6. The zero-order chi connectivity index (χ0) is 13.4. The Kier molecular flexibility index (Phi) is 5.38. The molecule has 18 heavy (non-hydrogen) atoms. The van der Waals surface area contributed by atoms with Gasteiger partial charge in [0.2, 0.25) is 5.91 Å². The van der Waals surface area contributed by atoms with Gasteiger partial charge in [0, 0.05) is 5.69 Å². The minimum atomic E-state index is -0.897. The number of nitrogens with one attached hydrogen (secondary N) is 1. The Labute approximate surface area is 109 Å². The number of nitrogens with zero attached hydrogens (tertiary/aromatic N) is 1. The topological polar surface area (TPSA) is 52.9 Å². The summed E-state index contributed by atoms with van der Waals surface area (Å²) in [5.41, 5.74) is -0.154. The summed E-state index contributed by atoms with van der Waals surface area (Å²) in [4.78, 5) is 12.3. The summed E-state index contributed by atoms with van der Waals surface area (Å²) < 4.78 is 0. The Morgan fingerprint density at radius 3 is 2.50 bits per heavy atom. The summed E-state index contributed by atoms with van der Waals surface area (Å²) in [7, 11) is 0. The number of carbonyl (C=O) groups is 1. The standard InChI is InChI=1S/C15H20N2O/c1-3-5-11-15(4-2,12-16)14(18)17-13-9-7-6-8-10-13/h6-10H,3-5,11H2,1-2H3,(H,17,18). The van der Waals surface area contributed by atoms with Crippen molar-refractivity contribution in [2.45, 2.75) is 39.5 Å². The molecule has 0 heterocycles. The van der Waals surface area contributed by atoms with Crippen molar-refractivity contribution in [3.05, 3.63) is 30.3 Å². The van der Waals surface area contributed by atoms with E-state index in [0.717, 1.165) is 18.5 Å². The first-order valence-electron chi connectivity index (χ1n) is 6.46. The number of benzene rings is 1. The second-order valence-electron chi connectivity index (χ2n) is 4.47. The van der Waals surface area contributed by atoms with Crippen LogP contribution in [0.2, 0.25) is 0 Å². The molecule has 0 bridgehead atoms. The zero-order valence-corrected chi connectivity index (χ0v) is 11.1. The third-order valence-corrected chi connectivity index (χ3v) is 3.24. The van der Waals surface area contributed by atoms with Crippen molar-refractivity contribution >= 4 is 11.6 Å². The largest absolute Gasteiger partial charge is 0.325 e. The van der Waals surface area contributed by atoms with Crippen LogP contribution in [0.15, 0.2) is 30.3 Å². The second-order valence-corrected chi connectivity index (χ2v) is 4.47. The number of anilines is 1. The third-order valence-electron chi connectivity index (χ3n) is 3.24. The van der Waals surface area contributed by atoms with Crippen LogP contribution < -0.4 is 5.32 Å². The summed E-state index contributed by atoms with van der Waals surface area (Å²) in [6.45, 7) is 3.95. The molecule has 3 heteroatoms. The number of unbranched alkanes of at least 4 members (excludes halogenated alkanes) is 1. The van der Waals surface area contributed by atoms with Gasteiger partial charge in [-0.2, -0.15) is 5.26 Å². The number of carbonyl (C=O) groups excluding carboxylic acids is 1. The summed E-state index contributed by atoms with van der Waals surface area (Å²) >= 11 is 0. The molecule has 1 unspecified atom stereocenters. The molecule has 0 aliphatic heterocycles. The number of nitriles is 1. The highest BCUT2D eigenvalue weighted by Crippen LogP contribution is 2.29. The highest BCUT2D eigenvalue weighted by molar-refractivity contribution is 5.97. The lowest BCUT2D eigenvalue weighted by Crippen LogP contribution is -2.34. The van der Waals surface area contributed by atoms with Crippen molar-refractivity contribution in [2.75, 3.05) is 5.32 Å². The molecule has 1 rings (SSSR count). The fraction of sp³-hybridized carbons (Fsp3) is 0.467. The third kappa shape index (κ3) is 3.33. The maximum absolute atomic E-state index is 12.3. The molecular weight excluding hydrogens is 224 g/mol. The van der Waals surface area contributed by atoms with Gasteiger partial charge in [-0.05, 0) is 25.0 Å². The maximum Gasteiger partial charge on any atom is 0.244 e. The van der Waals surface area contributed by atoms with Crippen LogP contribution in [-0.2, 0) is 4.79 Å². The molecule has 0 radical (unpaired) electrons. The van der Waals surface area contributed by atoms with E-state index in [1.807, 2.05) is 37.3 Å². The SMILES string of the molecule is CCCCC(C#N)(CC)C(=O)Nc1ccccc1. The number of hydrogen-bond donors (Lipinski definition) is 1. The molecule has 3 nitrogen and oxygen atoms in total. The normalized spacial score (nSPS) is 13.4. The van der Waals surface area contributed by atoms with Crippen molar-refractivity contribution in [3.8, 4) is 6.07 Å². The van der Waals surface area contributed by atoms with E-state index in [1.165, 1.54) is 0 Å². The quantitative estimate of drug-likeness (QED) is 0.828. The smallest absolute Gasteiger partial charge is 0.244 e. The summed E-state index contributed by atoms with van der Waals surface area (Å²) in [5, 5.41) is 12.2. The van der Waals surface area contributed by atoms with Gasteiger partial charge in [0.15, 0.2) is 0 Å². The Hall–Kier alpha value is -1.82. The monoisotopic (exact) mass is 244 g/mol. The molecule has 1 aromatic rings. The zero-order valence-electron chi connectivity index (χ0n) is 11.1. The van der Waals surface area contributed by atoms with Crippen LogP contribution in [0.4, 0.5) is 5.69 Å². The minimum absolute atomic E-state index is 0.188. The molecule has 0 saturated carbocycles. The van der Waals surface area contributed by atoms with E-state index >= 15 is 0 Å². The number of hydrogen-bond acceptors (Lipinski definition) is 2. The van der Waals surface area contributed by atoms with Crippen LogP contribution in [0.25, 0.3) is 0 Å². The predicted molar refractivity (Wildman–Crippen MR) is 72.9 cm³/mol. The van der Waals surface area contributed by atoms with E-state index in [-0.39, 0.29) is 5.91 Å². The van der Waals surface area contributed by atoms with Crippen LogP contribution in [0, 0.1) is 16.7 Å². The van der Waals surface area contributed by atoms with Crippen molar-refractivity contribution in [1.29, 1.82) is 5.26 Å². The van der Waals surface area contributed by atoms with Crippen molar-refractivity contribution in [3.63, 3.8) is 0 Å². The molecule has 0 fully saturated rings. The highest BCUT2D eigenvalue weighted by Gasteiger charge is 2.36. The van der Waals surface area contributed by atoms with E-state index in [4.69, 9.17) is 0 Å². The van der Waals surface area contributed by atoms with E-state index in [2.05, 4.69) is 18.3 Å². The highest BCUT2D eigenvalue weighted by atomic mass is 16.2.